The van der Waals surface area contributed by atoms with E-state index >= 15 is 0 Å². The molecule has 1 unspecified atom stereocenters. The first-order valence-electron chi connectivity index (χ1n) is 11.8. The van der Waals surface area contributed by atoms with Crippen LogP contribution in [0.2, 0.25) is 0 Å². The number of aromatic nitrogens is 4. The highest BCUT2D eigenvalue weighted by Crippen LogP contribution is 2.39. The summed E-state index contributed by atoms with van der Waals surface area (Å²) in [6.45, 7) is 8.79. The molecule has 0 bridgehead atoms. The van der Waals surface area contributed by atoms with Crippen molar-refractivity contribution in [1.82, 2.24) is 24.6 Å². The summed E-state index contributed by atoms with van der Waals surface area (Å²) in [7, 11) is 0. The molecule has 0 spiro atoms. The van der Waals surface area contributed by atoms with Crippen molar-refractivity contribution in [2.45, 2.75) is 25.8 Å². The highest BCUT2D eigenvalue weighted by atomic mass is 79.9. The molecule has 1 fully saturated rings. The van der Waals surface area contributed by atoms with Crippen molar-refractivity contribution in [3.63, 3.8) is 0 Å². The summed E-state index contributed by atoms with van der Waals surface area (Å²) in [6.07, 6.45) is 2.35. The highest BCUT2D eigenvalue weighted by Gasteiger charge is 2.35. The van der Waals surface area contributed by atoms with Gasteiger partial charge in [0.05, 0.1) is 43.4 Å². The van der Waals surface area contributed by atoms with E-state index in [0.29, 0.717) is 50.0 Å². The van der Waals surface area contributed by atoms with Crippen LogP contribution in [0.3, 0.4) is 0 Å². The third-order valence-corrected chi connectivity index (χ3v) is 6.81. The monoisotopic (exact) mass is 528 g/mol. The SMILES string of the molecule is CCOCCn1cc2c(C3C(=O)Cc4ccc(Br)cc43)nc(NCCN3CCOCC3)nc2n1. The first-order chi connectivity index (χ1) is 16.6. The first kappa shape index (κ1) is 23.3. The summed E-state index contributed by atoms with van der Waals surface area (Å²) in [4.78, 5) is 25.1. The second kappa shape index (κ2) is 10.5. The fourth-order valence-corrected chi connectivity index (χ4v) is 4.98. The lowest BCUT2D eigenvalue weighted by atomic mass is 9.95. The van der Waals surface area contributed by atoms with Gasteiger partial charge in [0, 0.05) is 49.9 Å². The van der Waals surface area contributed by atoms with Crippen molar-refractivity contribution in [3.8, 4) is 0 Å². The number of halogens is 1. The van der Waals surface area contributed by atoms with Gasteiger partial charge in [-0.2, -0.15) is 10.1 Å². The Morgan fingerprint density at radius 3 is 2.91 bits per heavy atom. The number of fused-ring (bicyclic) bond motifs is 2. The van der Waals surface area contributed by atoms with Crippen molar-refractivity contribution in [2.24, 2.45) is 0 Å². The summed E-state index contributed by atoms with van der Waals surface area (Å²) in [5.74, 6) is 0.221. The molecule has 1 atom stereocenters. The van der Waals surface area contributed by atoms with Crippen molar-refractivity contribution in [1.29, 1.82) is 0 Å². The molecule has 1 aliphatic heterocycles. The molecule has 3 aromatic rings. The van der Waals surface area contributed by atoms with E-state index in [1.54, 1.807) is 0 Å². The summed E-state index contributed by atoms with van der Waals surface area (Å²) in [6, 6.07) is 6.03. The van der Waals surface area contributed by atoms with Crippen LogP contribution in [-0.4, -0.2) is 83.0 Å². The molecular weight excluding hydrogens is 500 g/mol. The van der Waals surface area contributed by atoms with Crippen molar-refractivity contribution in [3.05, 3.63) is 45.7 Å². The summed E-state index contributed by atoms with van der Waals surface area (Å²) >= 11 is 3.56. The smallest absolute Gasteiger partial charge is 0.225 e. The Hall–Kier alpha value is -2.40. The third kappa shape index (κ3) is 5.00. The predicted molar refractivity (Wildman–Crippen MR) is 132 cm³/mol. The van der Waals surface area contributed by atoms with Crippen LogP contribution in [0, 0.1) is 0 Å². The van der Waals surface area contributed by atoms with Crippen LogP contribution in [-0.2, 0) is 27.2 Å². The second-order valence-corrected chi connectivity index (χ2v) is 9.47. The maximum Gasteiger partial charge on any atom is 0.225 e. The number of hydrogen-bond acceptors (Lipinski definition) is 8. The number of nitrogens with zero attached hydrogens (tertiary/aromatic N) is 5. The largest absolute Gasteiger partial charge is 0.380 e. The predicted octanol–water partition coefficient (Wildman–Crippen LogP) is 2.63. The van der Waals surface area contributed by atoms with Gasteiger partial charge in [0.25, 0.3) is 0 Å². The molecule has 2 aliphatic rings. The molecule has 0 saturated carbocycles. The van der Waals surface area contributed by atoms with Gasteiger partial charge in [-0.1, -0.05) is 22.0 Å². The zero-order valence-corrected chi connectivity index (χ0v) is 20.9. The molecule has 5 rings (SSSR count). The number of hydrogen-bond donors (Lipinski definition) is 1. The van der Waals surface area contributed by atoms with Gasteiger partial charge in [-0.05, 0) is 30.2 Å². The number of ether oxygens (including phenoxy) is 2. The number of morpholine rings is 1. The highest BCUT2D eigenvalue weighted by molar-refractivity contribution is 9.10. The Morgan fingerprint density at radius 1 is 1.24 bits per heavy atom. The molecule has 3 heterocycles. The second-order valence-electron chi connectivity index (χ2n) is 8.56. The first-order valence-corrected chi connectivity index (χ1v) is 12.6. The van der Waals surface area contributed by atoms with Crippen LogP contribution >= 0.6 is 15.9 Å². The van der Waals surface area contributed by atoms with E-state index in [0.717, 1.165) is 53.8 Å². The number of benzene rings is 1. The lowest BCUT2D eigenvalue weighted by Gasteiger charge is -2.26. The third-order valence-electron chi connectivity index (χ3n) is 6.32. The van der Waals surface area contributed by atoms with Gasteiger partial charge in [-0.15, -0.1) is 0 Å². The molecule has 9 nitrogen and oxygen atoms in total. The fourth-order valence-electron chi connectivity index (χ4n) is 4.60. The van der Waals surface area contributed by atoms with Gasteiger partial charge in [-0.3, -0.25) is 14.4 Å². The quantitative estimate of drug-likeness (QED) is 0.423. The van der Waals surface area contributed by atoms with Gasteiger partial charge >= 0.3 is 0 Å². The van der Waals surface area contributed by atoms with Crippen LogP contribution in [0.15, 0.2) is 28.9 Å². The maximum absolute atomic E-state index is 13.2. The van der Waals surface area contributed by atoms with E-state index in [9.17, 15) is 4.79 Å². The maximum atomic E-state index is 13.2. The van der Waals surface area contributed by atoms with Crippen molar-refractivity contribution in [2.75, 3.05) is 57.9 Å². The molecule has 10 heteroatoms. The van der Waals surface area contributed by atoms with E-state index in [1.165, 1.54) is 0 Å². The lowest BCUT2D eigenvalue weighted by molar-refractivity contribution is -0.118. The normalized spacial score (nSPS) is 18.5. The van der Waals surface area contributed by atoms with Crippen LogP contribution in [0.1, 0.15) is 29.7 Å². The van der Waals surface area contributed by atoms with Crippen LogP contribution in [0.5, 0.6) is 0 Å². The standard InChI is InChI=1S/C24H29BrN6O3/c1-2-33-12-9-31-15-19-22(21-18-14-17(25)4-3-16(18)13-20(21)32)27-24(28-23(19)29-31)26-5-6-30-7-10-34-11-8-30/h3-4,14-15,21H,2,5-13H2,1H3,(H,26,28,29). The number of anilines is 1. The van der Waals surface area contributed by atoms with Gasteiger partial charge in [0.1, 0.15) is 0 Å². The summed E-state index contributed by atoms with van der Waals surface area (Å²) in [5, 5.41) is 8.84. The van der Waals surface area contributed by atoms with Gasteiger partial charge in [0.15, 0.2) is 11.4 Å². The van der Waals surface area contributed by atoms with Gasteiger partial charge < -0.3 is 14.8 Å². The molecule has 0 radical (unpaired) electrons. The number of ketones is 1. The minimum Gasteiger partial charge on any atom is -0.380 e. The molecule has 1 aromatic carbocycles. The van der Waals surface area contributed by atoms with E-state index in [1.807, 2.05) is 36.0 Å². The topological polar surface area (TPSA) is 94.4 Å². The van der Waals surface area contributed by atoms with Crippen LogP contribution in [0.4, 0.5) is 5.95 Å². The fraction of sp³-hybridized carbons (Fsp3) is 0.500. The number of nitrogens with one attached hydrogen (secondary N) is 1. The van der Waals surface area contributed by atoms with Crippen molar-refractivity contribution < 1.29 is 14.3 Å². The summed E-state index contributed by atoms with van der Waals surface area (Å²) < 4.78 is 13.7. The number of Topliss-reactive ketones (excluding diaryl/α,β-unsaturated/α-hetero) is 1. The molecule has 2 aromatic heterocycles. The number of carbonyl (C=O) groups is 1. The van der Waals surface area contributed by atoms with Gasteiger partial charge in [-0.25, -0.2) is 4.98 Å². The molecule has 1 aliphatic carbocycles. The average Bonchev–Trinajstić information content (AvgIpc) is 3.39. The molecule has 1 saturated heterocycles. The van der Waals surface area contributed by atoms with Crippen molar-refractivity contribution >= 4 is 38.7 Å². The minimum absolute atomic E-state index is 0.148. The average molecular weight is 529 g/mol. The van der Waals surface area contributed by atoms with Crippen LogP contribution in [0.25, 0.3) is 11.0 Å². The molecule has 34 heavy (non-hydrogen) atoms. The van der Waals surface area contributed by atoms with E-state index < -0.39 is 5.92 Å². The van der Waals surface area contributed by atoms with E-state index in [4.69, 9.17) is 14.5 Å². The van der Waals surface area contributed by atoms with E-state index in [-0.39, 0.29) is 5.78 Å². The number of rotatable bonds is 9. The molecule has 180 valence electrons. The minimum atomic E-state index is -0.428. The Kier molecular flexibility index (Phi) is 7.19. The molecule has 1 N–H and O–H groups in total. The molecular formula is C24H29BrN6O3. The Labute approximate surface area is 207 Å². The Bertz CT molecular complexity index is 1180. The summed E-state index contributed by atoms with van der Waals surface area (Å²) in [5.41, 5.74) is 3.35. The van der Waals surface area contributed by atoms with Crippen LogP contribution < -0.4 is 5.32 Å². The number of carbonyl (C=O) groups excluding carboxylic acids is 1. The zero-order chi connectivity index (χ0) is 23.5. The Morgan fingerprint density at radius 2 is 2.09 bits per heavy atom. The van der Waals surface area contributed by atoms with E-state index in [2.05, 4.69) is 36.2 Å². The molecule has 0 amide bonds. The Balaban J connectivity index is 1.47. The lowest BCUT2D eigenvalue weighted by Crippen LogP contribution is -2.39. The zero-order valence-electron chi connectivity index (χ0n) is 19.3. The van der Waals surface area contributed by atoms with Gasteiger partial charge in [0.2, 0.25) is 5.95 Å².